The predicted molar refractivity (Wildman–Crippen MR) is 119 cm³/mol. The van der Waals surface area contributed by atoms with Gasteiger partial charge in [-0.2, -0.15) is 0 Å². The molecule has 0 aliphatic carbocycles. The molecule has 1 aliphatic rings. The Morgan fingerprint density at radius 1 is 1.19 bits per heavy atom. The lowest BCUT2D eigenvalue weighted by Crippen LogP contribution is -2.20. The smallest absolute Gasteiger partial charge is 0.358 e. The summed E-state index contributed by atoms with van der Waals surface area (Å²) in [6.45, 7) is 8.21. The summed E-state index contributed by atoms with van der Waals surface area (Å²) in [6, 6.07) is 11.9. The monoisotopic (exact) mass is 439 g/mol. The van der Waals surface area contributed by atoms with Crippen LogP contribution in [0.15, 0.2) is 47.5 Å². The maximum atomic E-state index is 14.7. The largest absolute Gasteiger partial charge is 0.461 e. The second-order valence-electron chi connectivity index (χ2n) is 8.34. The van der Waals surface area contributed by atoms with Crippen molar-refractivity contribution in [2.45, 2.75) is 39.7 Å². The van der Waals surface area contributed by atoms with Crippen LogP contribution in [0.25, 0.3) is 5.69 Å². The average Bonchev–Trinajstić information content (AvgIpc) is 3.02. The Labute approximate surface area is 185 Å². The van der Waals surface area contributed by atoms with Crippen LogP contribution in [0.5, 0.6) is 0 Å². The molecule has 1 aliphatic heterocycles. The second-order valence-corrected chi connectivity index (χ2v) is 8.78. The number of aromatic nitrogens is 2. The van der Waals surface area contributed by atoms with E-state index in [9.17, 15) is 9.18 Å². The van der Waals surface area contributed by atoms with Gasteiger partial charge in [-0.1, -0.05) is 44.5 Å². The first kappa shape index (κ1) is 21.2. The van der Waals surface area contributed by atoms with Crippen molar-refractivity contribution in [1.29, 1.82) is 0 Å². The zero-order chi connectivity index (χ0) is 22.3. The first-order chi connectivity index (χ1) is 14.7. The molecule has 2 aromatic carbocycles. The van der Waals surface area contributed by atoms with Crippen molar-refractivity contribution in [2.75, 3.05) is 6.61 Å². The molecule has 0 spiro atoms. The first-order valence-electron chi connectivity index (χ1n) is 10.1. The molecule has 7 heteroatoms. The van der Waals surface area contributed by atoms with Gasteiger partial charge in [0.25, 0.3) is 0 Å². The number of carbonyl (C=O) groups is 1. The minimum atomic E-state index is -0.498. The van der Waals surface area contributed by atoms with E-state index in [1.54, 1.807) is 37.3 Å². The lowest BCUT2D eigenvalue weighted by atomic mass is 9.94. The van der Waals surface area contributed by atoms with E-state index in [-0.39, 0.29) is 30.1 Å². The molecule has 5 nitrogen and oxygen atoms in total. The summed E-state index contributed by atoms with van der Waals surface area (Å²) in [5.74, 6) is -0.181. The molecule has 0 bridgehead atoms. The molecule has 160 valence electrons. The van der Waals surface area contributed by atoms with Crippen molar-refractivity contribution in [3.63, 3.8) is 0 Å². The topological polar surface area (TPSA) is 56.5 Å². The SMILES string of the molecule is CCOC(=O)c1nc(C(C)(C)C)n2c1CN=C(c1ccccc1F)c1cc(Cl)ccc1-2. The molecular weight excluding hydrogens is 417 g/mol. The van der Waals surface area contributed by atoms with Gasteiger partial charge in [0.2, 0.25) is 0 Å². The summed E-state index contributed by atoms with van der Waals surface area (Å²) in [5, 5.41) is 0.509. The molecule has 4 rings (SSSR count). The van der Waals surface area contributed by atoms with Crippen molar-refractivity contribution in [2.24, 2.45) is 4.99 Å². The summed E-state index contributed by atoms with van der Waals surface area (Å²) in [7, 11) is 0. The maximum Gasteiger partial charge on any atom is 0.358 e. The Morgan fingerprint density at radius 3 is 2.61 bits per heavy atom. The van der Waals surface area contributed by atoms with E-state index in [1.807, 2.05) is 31.4 Å². The summed E-state index contributed by atoms with van der Waals surface area (Å²) >= 11 is 6.33. The fraction of sp³-hybridized carbons (Fsp3) is 0.292. The Hall–Kier alpha value is -2.99. The van der Waals surface area contributed by atoms with Crippen LogP contribution in [0.1, 0.15) is 60.8 Å². The molecule has 0 N–H and O–H groups in total. The van der Waals surface area contributed by atoms with Gasteiger partial charge in [0.15, 0.2) is 5.69 Å². The van der Waals surface area contributed by atoms with E-state index in [0.717, 1.165) is 5.69 Å². The molecule has 0 atom stereocenters. The van der Waals surface area contributed by atoms with Gasteiger partial charge in [-0.05, 0) is 37.3 Å². The minimum absolute atomic E-state index is 0.146. The number of nitrogens with zero attached hydrogens (tertiary/aromatic N) is 3. The molecule has 0 saturated heterocycles. The number of hydrogen-bond donors (Lipinski definition) is 0. The molecule has 1 aromatic heterocycles. The summed E-state index contributed by atoms with van der Waals surface area (Å²) in [4.78, 5) is 22.1. The zero-order valence-electron chi connectivity index (χ0n) is 17.9. The summed E-state index contributed by atoms with van der Waals surface area (Å²) in [5.41, 5.74) is 2.73. The maximum absolute atomic E-state index is 14.7. The Kier molecular flexibility index (Phi) is 5.43. The number of esters is 1. The Bertz CT molecular complexity index is 1210. The van der Waals surface area contributed by atoms with Crippen LogP contribution < -0.4 is 0 Å². The fourth-order valence-corrected chi connectivity index (χ4v) is 3.91. The van der Waals surface area contributed by atoms with E-state index < -0.39 is 5.97 Å². The average molecular weight is 440 g/mol. The second kappa shape index (κ2) is 7.93. The number of hydrogen-bond acceptors (Lipinski definition) is 4. The zero-order valence-corrected chi connectivity index (χ0v) is 18.6. The van der Waals surface area contributed by atoms with Crippen LogP contribution in [-0.4, -0.2) is 27.8 Å². The highest BCUT2D eigenvalue weighted by Crippen LogP contribution is 2.34. The number of imidazole rings is 1. The lowest BCUT2D eigenvalue weighted by Gasteiger charge is -2.22. The standard InChI is InChI=1S/C24H23ClFN3O2/c1-5-31-22(30)21-19-13-27-20(15-8-6-7-9-17(15)26)16-12-14(25)10-11-18(16)29(19)23(28-21)24(2,3)4/h6-12H,5,13H2,1-4H3. The van der Waals surface area contributed by atoms with Crippen molar-refractivity contribution in [3.8, 4) is 5.69 Å². The minimum Gasteiger partial charge on any atom is -0.461 e. The molecule has 0 unspecified atom stereocenters. The number of aliphatic imine (C=N–C) groups is 1. The van der Waals surface area contributed by atoms with Gasteiger partial charge in [0.1, 0.15) is 11.6 Å². The molecule has 0 radical (unpaired) electrons. The molecular formula is C24H23ClFN3O2. The lowest BCUT2D eigenvalue weighted by molar-refractivity contribution is 0.0518. The van der Waals surface area contributed by atoms with E-state index >= 15 is 0 Å². The van der Waals surface area contributed by atoms with E-state index in [4.69, 9.17) is 21.3 Å². The summed E-state index contributed by atoms with van der Waals surface area (Å²) in [6.07, 6.45) is 0. The summed E-state index contributed by atoms with van der Waals surface area (Å²) < 4.78 is 21.9. The van der Waals surface area contributed by atoms with Gasteiger partial charge in [0, 0.05) is 21.6 Å². The third kappa shape index (κ3) is 3.76. The number of carbonyl (C=O) groups excluding carboxylic acids is 1. The van der Waals surface area contributed by atoms with Crippen molar-refractivity contribution >= 4 is 23.3 Å². The fourth-order valence-electron chi connectivity index (χ4n) is 3.74. The molecule has 31 heavy (non-hydrogen) atoms. The van der Waals surface area contributed by atoms with Crippen molar-refractivity contribution < 1.29 is 13.9 Å². The molecule has 0 amide bonds. The predicted octanol–water partition coefficient (Wildman–Crippen LogP) is 5.49. The highest BCUT2D eigenvalue weighted by atomic mass is 35.5. The molecule has 3 aromatic rings. The van der Waals surface area contributed by atoms with E-state index in [1.165, 1.54) is 6.07 Å². The van der Waals surface area contributed by atoms with Crippen LogP contribution >= 0.6 is 11.6 Å². The molecule has 0 saturated carbocycles. The van der Waals surface area contributed by atoms with Gasteiger partial charge >= 0.3 is 5.97 Å². The van der Waals surface area contributed by atoms with Crippen molar-refractivity contribution in [3.05, 3.63) is 81.6 Å². The normalized spacial score (nSPS) is 13.2. The van der Waals surface area contributed by atoms with Crippen molar-refractivity contribution in [1.82, 2.24) is 9.55 Å². The number of benzene rings is 2. The van der Waals surface area contributed by atoms with Gasteiger partial charge in [-0.15, -0.1) is 0 Å². The third-order valence-electron chi connectivity index (χ3n) is 5.08. The van der Waals surface area contributed by atoms with Gasteiger partial charge in [-0.25, -0.2) is 14.2 Å². The number of halogens is 2. The Balaban J connectivity index is 2.05. The van der Waals surface area contributed by atoms with Crippen LogP contribution in [0, 0.1) is 5.82 Å². The highest BCUT2D eigenvalue weighted by molar-refractivity contribution is 6.31. The highest BCUT2D eigenvalue weighted by Gasteiger charge is 2.33. The van der Waals surface area contributed by atoms with Gasteiger partial charge in [-0.3, -0.25) is 9.56 Å². The van der Waals surface area contributed by atoms with E-state index in [2.05, 4.69) is 4.98 Å². The first-order valence-corrected chi connectivity index (χ1v) is 10.5. The Morgan fingerprint density at radius 2 is 1.94 bits per heavy atom. The molecule has 0 fully saturated rings. The number of ether oxygens (including phenoxy) is 1. The quantitative estimate of drug-likeness (QED) is 0.507. The van der Waals surface area contributed by atoms with Crippen LogP contribution in [-0.2, 0) is 16.7 Å². The number of fused-ring (bicyclic) bond motifs is 3. The van der Waals surface area contributed by atoms with Crippen LogP contribution in [0.3, 0.4) is 0 Å². The molecule has 2 heterocycles. The van der Waals surface area contributed by atoms with Gasteiger partial charge in [0.05, 0.1) is 30.2 Å². The van der Waals surface area contributed by atoms with Gasteiger partial charge < -0.3 is 4.74 Å². The third-order valence-corrected chi connectivity index (χ3v) is 5.32. The van der Waals surface area contributed by atoms with Crippen LogP contribution in [0.4, 0.5) is 4.39 Å². The van der Waals surface area contributed by atoms with Crippen LogP contribution in [0.2, 0.25) is 5.02 Å². The van der Waals surface area contributed by atoms with E-state index in [0.29, 0.717) is 33.4 Å². The number of rotatable bonds is 3.